The van der Waals surface area contributed by atoms with Gasteiger partial charge >= 0.3 is 0 Å². The molecule has 0 aliphatic carbocycles. The Hall–Kier alpha value is -1.57. The fraction of sp³-hybridized carbons (Fsp3) is 0.632. The van der Waals surface area contributed by atoms with Crippen LogP contribution in [0, 0.1) is 0 Å². The Morgan fingerprint density at radius 2 is 1.29 bits per heavy atom. The third-order valence-electron chi connectivity index (χ3n) is 5.82. The number of amides is 1. The molecule has 1 unspecified atom stereocenters. The summed E-state index contributed by atoms with van der Waals surface area (Å²) in [6.07, 6.45) is 1.16. The lowest BCUT2D eigenvalue weighted by atomic mass is 10.2. The first-order valence-corrected chi connectivity index (χ1v) is 13.3. The van der Waals surface area contributed by atoms with Crippen LogP contribution in [0.2, 0.25) is 0 Å². The first-order valence-electron chi connectivity index (χ1n) is 10.4. The molecule has 0 N–H and O–H groups in total. The molecule has 0 bridgehead atoms. The van der Waals surface area contributed by atoms with Crippen LogP contribution in [-0.4, -0.2) is 101 Å². The molecule has 0 spiro atoms. The second kappa shape index (κ2) is 9.12. The maximum absolute atomic E-state index is 13.0. The topological polar surface area (TPSA) is 114 Å². The van der Waals surface area contributed by atoms with Gasteiger partial charge in [0.05, 0.1) is 23.0 Å². The van der Waals surface area contributed by atoms with Gasteiger partial charge in [0.15, 0.2) is 0 Å². The summed E-state index contributed by atoms with van der Waals surface area (Å²) in [5.41, 5.74) is 0. The number of hydrogen-bond acceptors (Lipinski definition) is 7. The highest BCUT2D eigenvalue weighted by molar-refractivity contribution is 7.89. The Bertz CT molecular complexity index is 991. The summed E-state index contributed by atoms with van der Waals surface area (Å²) in [5.74, 6) is -0.0766. The van der Waals surface area contributed by atoms with Crippen molar-refractivity contribution in [3.63, 3.8) is 0 Å². The Morgan fingerprint density at radius 3 is 1.77 bits per heavy atom. The van der Waals surface area contributed by atoms with Crippen molar-refractivity contribution in [3.8, 4) is 0 Å². The van der Waals surface area contributed by atoms with E-state index in [0.29, 0.717) is 39.3 Å². The van der Waals surface area contributed by atoms with Crippen molar-refractivity contribution < 1.29 is 31.1 Å². The Kier molecular flexibility index (Phi) is 6.65. The molecule has 3 saturated heterocycles. The van der Waals surface area contributed by atoms with Gasteiger partial charge in [-0.25, -0.2) is 16.8 Å². The second-order valence-corrected chi connectivity index (χ2v) is 11.6. The molecule has 0 aromatic heterocycles. The molecular formula is C19H27N3O7S2. The van der Waals surface area contributed by atoms with Crippen LogP contribution in [0.25, 0.3) is 0 Å². The molecule has 172 valence electrons. The highest BCUT2D eigenvalue weighted by Gasteiger charge is 2.34. The molecule has 4 rings (SSSR count). The van der Waals surface area contributed by atoms with E-state index in [4.69, 9.17) is 9.47 Å². The summed E-state index contributed by atoms with van der Waals surface area (Å²) < 4.78 is 64.7. The van der Waals surface area contributed by atoms with Crippen molar-refractivity contribution in [1.82, 2.24) is 13.5 Å². The first kappa shape index (κ1) is 22.6. The van der Waals surface area contributed by atoms with E-state index >= 15 is 0 Å². The molecule has 1 atom stereocenters. The lowest BCUT2D eigenvalue weighted by molar-refractivity contribution is -0.142. The van der Waals surface area contributed by atoms with Crippen molar-refractivity contribution in [3.05, 3.63) is 24.3 Å². The van der Waals surface area contributed by atoms with Crippen LogP contribution in [0.4, 0.5) is 0 Å². The average molecular weight is 474 g/mol. The Labute approximate surface area is 182 Å². The van der Waals surface area contributed by atoms with E-state index in [-0.39, 0.29) is 41.9 Å². The summed E-state index contributed by atoms with van der Waals surface area (Å²) in [5, 5.41) is 0. The third kappa shape index (κ3) is 4.64. The normalized spacial score (nSPS) is 24.4. The van der Waals surface area contributed by atoms with Crippen LogP contribution in [-0.2, 0) is 34.3 Å². The van der Waals surface area contributed by atoms with Crippen LogP contribution >= 0.6 is 0 Å². The molecule has 3 aliphatic rings. The number of carbonyl (C=O) groups is 1. The zero-order chi connectivity index (χ0) is 22.1. The molecule has 3 fully saturated rings. The van der Waals surface area contributed by atoms with Crippen molar-refractivity contribution in [2.45, 2.75) is 28.7 Å². The van der Waals surface area contributed by atoms with Crippen LogP contribution in [0.3, 0.4) is 0 Å². The number of nitrogens with zero attached hydrogens (tertiary/aromatic N) is 3. The van der Waals surface area contributed by atoms with Crippen LogP contribution < -0.4 is 0 Å². The van der Waals surface area contributed by atoms with Crippen molar-refractivity contribution in [2.75, 3.05) is 59.1 Å². The van der Waals surface area contributed by atoms with Crippen LogP contribution in [0.5, 0.6) is 0 Å². The first-order chi connectivity index (χ1) is 14.8. The zero-order valence-electron chi connectivity index (χ0n) is 17.2. The Morgan fingerprint density at radius 1 is 0.774 bits per heavy atom. The van der Waals surface area contributed by atoms with E-state index < -0.39 is 26.2 Å². The SMILES string of the molecule is O=C(C1CCCO1)N1CCN(S(=O)(=O)c2ccc(S(=O)(=O)N3CCOCC3)cc2)CC1. The van der Waals surface area contributed by atoms with Gasteiger partial charge in [-0.05, 0) is 37.1 Å². The van der Waals surface area contributed by atoms with Gasteiger partial charge in [-0.15, -0.1) is 0 Å². The molecule has 1 amide bonds. The van der Waals surface area contributed by atoms with Gasteiger partial charge in [-0.3, -0.25) is 4.79 Å². The second-order valence-electron chi connectivity index (χ2n) is 7.72. The number of ether oxygens (including phenoxy) is 2. The highest BCUT2D eigenvalue weighted by Crippen LogP contribution is 2.23. The molecular weight excluding hydrogens is 446 g/mol. The Balaban J connectivity index is 1.41. The minimum atomic E-state index is -3.78. The lowest BCUT2D eigenvalue weighted by Crippen LogP contribution is -2.52. The molecule has 10 nitrogen and oxygen atoms in total. The molecule has 3 heterocycles. The third-order valence-corrected chi connectivity index (χ3v) is 9.65. The van der Waals surface area contributed by atoms with Crippen LogP contribution in [0.1, 0.15) is 12.8 Å². The molecule has 1 aromatic carbocycles. The summed E-state index contributed by atoms with van der Waals surface area (Å²) in [6.45, 7) is 2.81. The standard InChI is InChI=1S/C19H27N3O7S2/c23-19(18-2-1-13-29-18)20-7-9-21(10-8-20)30(24,25)16-3-5-17(6-4-16)31(26,27)22-11-14-28-15-12-22/h3-6,18H,1-2,7-15H2. The minimum absolute atomic E-state index is 0.0346. The van der Waals surface area contributed by atoms with Gasteiger partial charge in [0.25, 0.3) is 5.91 Å². The van der Waals surface area contributed by atoms with Gasteiger partial charge in [-0.1, -0.05) is 0 Å². The predicted octanol–water partition coefficient (Wildman–Crippen LogP) is -0.281. The van der Waals surface area contributed by atoms with E-state index in [9.17, 15) is 21.6 Å². The number of sulfonamides is 2. The van der Waals surface area contributed by atoms with Gasteiger partial charge in [0.2, 0.25) is 20.0 Å². The van der Waals surface area contributed by atoms with Gasteiger partial charge < -0.3 is 14.4 Å². The molecule has 3 aliphatic heterocycles. The summed E-state index contributed by atoms with van der Waals surface area (Å²) in [4.78, 5) is 14.2. The summed E-state index contributed by atoms with van der Waals surface area (Å²) in [7, 11) is -7.47. The quantitative estimate of drug-likeness (QED) is 0.578. The van der Waals surface area contributed by atoms with Gasteiger partial charge in [-0.2, -0.15) is 8.61 Å². The molecule has 0 radical (unpaired) electrons. The molecule has 12 heteroatoms. The molecule has 0 saturated carbocycles. The van der Waals surface area contributed by atoms with E-state index in [0.717, 1.165) is 6.42 Å². The lowest BCUT2D eigenvalue weighted by Gasteiger charge is -2.35. The number of rotatable bonds is 5. The predicted molar refractivity (Wildman–Crippen MR) is 110 cm³/mol. The zero-order valence-corrected chi connectivity index (χ0v) is 18.8. The van der Waals surface area contributed by atoms with Gasteiger partial charge in [0.1, 0.15) is 6.10 Å². The fourth-order valence-corrected chi connectivity index (χ4v) is 6.82. The van der Waals surface area contributed by atoms with Gasteiger partial charge in [0, 0.05) is 45.9 Å². The largest absolute Gasteiger partial charge is 0.379 e. The number of hydrogen-bond donors (Lipinski definition) is 0. The molecule has 1 aromatic rings. The number of piperazine rings is 1. The van der Waals surface area contributed by atoms with E-state index in [1.165, 1.54) is 32.9 Å². The number of morpholine rings is 1. The van der Waals surface area contributed by atoms with Crippen molar-refractivity contribution in [2.24, 2.45) is 0 Å². The highest BCUT2D eigenvalue weighted by atomic mass is 32.2. The van der Waals surface area contributed by atoms with Crippen molar-refractivity contribution in [1.29, 1.82) is 0 Å². The maximum atomic E-state index is 13.0. The average Bonchev–Trinajstić information content (AvgIpc) is 3.34. The maximum Gasteiger partial charge on any atom is 0.251 e. The van der Waals surface area contributed by atoms with Crippen molar-refractivity contribution >= 4 is 26.0 Å². The van der Waals surface area contributed by atoms with E-state index in [2.05, 4.69) is 0 Å². The summed E-state index contributed by atoms with van der Waals surface area (Å²) >= 11 is 0. The van der Waals surface area contributed by atoms with E-state index in [1.807, 2.05) is 0 Å². The summed E-state index contributed by atoms with van der Waals surface area (Å²) in [6, 6.07) is 5.31. The number of benzene rings is 1. The fourth-order valence-electron chi connectivity index (χ4n) is 3.99. The number of carbonyl (C=O) groups excluding carboxylic acids is 1. The smallest absolute Gasteiger partial charge is 0.251 e. The van der Waals surface area contributed by atoms with Crippen LogP contribution in [0.15, 0.2) is 34.1 Å². The molecule has 31 heavy (non-hydrogen) atoms. The monoisotopic (exact) mass is 473 g/mol. The van der Waals surface area contributed by atoms with E-state index in [1.54, 1.807) is 4.90 Å². The minimum Gasteiger partial charge on any atom is -0.379 e.